The molecule has 1 fully saturated rings. The van der Waals surface area contributed by atoms with Gasteiger partial charge in [0.25, 0.3) is 0 Å². The van der Waals surface area contributed by atoms with Crippen LogP contribution in [0, 0.1) is 6.92 Å². The summed E-state index contributed by atoms with van der Waals surface area (Å²) in [4.78, 5) is 12.3. The number of thiazole rings is 1. The maximum absolute atomic E-state index is 12.5. The molecule has 0 aliphatic carbocycles. The number of hydrogen-bond donors (Lipinski definition) is 1. The van der Waals surface area contributed by atoms with Crippen LogP contribution in [0.5, 0.6) is 0 Å². The zero-order valence-electron chi connectivity index (χ0n) is 16.6. The van der Waals surface area contributed by atoms with E-state index in [0.29, 0.717) is 32.7 Å². The third-order valence-corrected chi connectivity index (χ3v) is 6.82. The molecule has 0 unspecified atom stereocenters. The van der Waals surface area contributed by atoms with E-state index >= 15 is 0 Å². The van der Waals surface area contributed by atoms with E-state index in [-0.39, 0.29) is 18.5 Å². The van der Waals surface area contributed by atoms with Crippen molar-refractivity contribution in [3.63, 3.8) is 0 Å². The number of piperazine rings is 1. The average molecular weight is 418 g/mol. The molecular weight excluding hydrogens is 386 g/mol. The monoisotopic (exact) mass is 417 g/mol. The largest absolute Gasteiger partial charge is 0.378 e. The zero-order chi connectivity index (χ0) is 19.9. The van der Waals surface area contributed by atoms with Crippen LogP contribution in [0.3, 0.4) is 0 Å². The van der Waals surface area contributed by atoms with Gasteiger partial charge in [-0.15, -0.1) is 11.3 Å². The number of sulfonamides is 1. The van der Waals surface area contributed by atoms with Crippen molar-refractivity contribution in [2.24, 2.45) is 4.99 Å². The molecule has 1 N–H and O–H groups in total. The molecule has 1 aromatic heterocycles. The lowest BCUT2D eigenvalue weighted by molar-refractivity contribution is 0.0904. The van der Waals surface area contributed by atoms with E-state index in [2.05, 4.69) is 20.2 Å². The van der Waals surface area contributed by atoms with Crippen LogP contribution in [0.1, 0.15) is 30.7 Å². The van der Waals surface area contributed by atoms with Crippen molar-refractivity contribution >= 4 is 27.3 Å². The number of aromatic nitrogens is 1. The van der Waals surface area contributed by atoms with Gasteiger partial charge in [-0.2, -0.15) is 4.31 Å². The van der Waals surface area contributed by atoms with E-state index in [1.165, 1.54) is 4.88 Å². The van der Waals surface area contributed by atoms with Crippen molar-refractivity contribution in [3.05, 3.63) is 16.1 Å². The van der Waals surface area contributed by atoms with Gasteiger partial charge in [0.2, 0.25) is 10.0 Å². The fourth-order valence-electron chi connectivity index (χ4n) is 2.74. The molecule has 0 amide bonds. The number of hydrogen-bond acceptors (Lipinski definition) is 6. The highest BCUT2D eigenvalue weighted by molar-refractivity contribution is 7.89. The van der Waals surface area contributed by atoms with Gasteiger partial charge in [0.05, 0.1) is 25.0 Å². The van der Waals surface area contributed by atoms with Crippen LogP contribution >= 0.6 is 11.3 Å². The van der Waals surface area contributed by atoms with E-state index in [4.69, 9.17) is 4.74 Å². The summed E-state index contributed by atoms with van der Waals surface area (Å²) in [5, 5.41) is 4.28. The summed E-state index contributed by atoms with van der Waals surface area (Å²) >= 11 is 1.64. The highest BCUT2D eigenvalue weighted by atomic mass is 32.2. The summed E-state index contributed by atoms with van der Waals surface area (Å²) in [6.07, 6.45) is 1.90. The molecule has 1 aliphatic heterocycles. The lowest BCUT2D eigenvalue weighted by Crippen LogP contribution is -2.54. The summed E-state index contributed by atoms with van der Waals surface area (Å²) in [5.74, 6) is 0.841. The Labute approximate surface area is 166 Å². The Hall–Kier alpha value is -1.23. The highest BCUT2D eigenvalue weighted by Gasteiger charge is 2.28. The Bertz CT molecular complexity index is 710. The minimum absolute atomic E-state index is 0.0305. The minimum Gasteiger partial charge on any atom is -0.378 e. The Kier molecular flexibility index (Phi) is 8.46. The van der Waals surface area contributed by atoms with E-state index < -0.39 is 10.0 Å². The van der Waals surface area contributed by atoms with Crippen molar-refractivity contribution in [2.45, 2.75) is 40.3 Å². The standard InChI is InChI=1S/C17H31N5O3S2/c1-5-18-17(20-13-16-19-12-15(4)26-16)21-6-8-22(9-7-21)27(23,24)11-10-25-14(2)3/h12,14H,5-11,13H2,1-4H3,(H,18,20). The Morgan fingerprint density at radius 1 is 1.37 bits per heavy atom. The first kappa shape index (κ1) is 22.1. The number of nitrogens with zero attached hydrogens (tertiary/aromatic N) is 4. The average Bonchev–Trinajstić information content (AvgIpc) is 3.03. The lowest BCUT2D eigenvalue weighted by atomic mass is 10.4. The van der Waals surface area contributed by atoms with Gasteiger partial charge in [0, 0.05) is 43.8 Å². The van der Waals surface area contributed by atoms with Crippen LogP contribution in [-0.2, 0) is 21.3 Å². The van der Waals surface area contributed by atoms with E-state index in [9.17, 15) is 8.42 Å². The molecule has 1 saturated heterocycles. The molecule has 2 rings (SSSR count). The SMILES string of the molecule is CCNC(=NCc1ncc(C)s1)N1CCN(S(=O)(=O)CCOC(C)C)CC1. The number of nitrogens with one attached hydrogen (secondary N) is 1. The van der Waals surface area contributed by atoms with Gasteiger partial charge in [0.15, 0.2) is 5.96 Å². The summed E-state index contributed by atoms with van der Waals surface area (Å²) < 4.78 is 31.9. The number of guanidine groups is 1. The van der Waals surface area contributed by atoms with Crippen molar-refractivity contribution in [1.29, 1.82) is 0 Å². The van der Waals surface area contributed by atoms with Gasteiger partial charge in [-0.05, 0) is 27.7 Å². The van der Waals surface area contributed by atoms with Crippen LogP contribution in [0.15, 0.2) is 11.2 Å². The molecule has 154 valence electrons. The molecule has 2 heterocycles. The van der Waals surface area contributed by atoms with Crippen LogP contribution < -0.4 is 5.32 Å². The van der Waals surface area contributed by atoms with Gasteiger partial charge in [-0.1, -0.05) is 0 Å². The summed E-state index contributed by atoms with van der Waals surface area (Å²) in [5.41, 5.74) is 0. The minimum atomic E-state index is -3.28. The number of ether oxygens (including phenoxy) is 1. The normalized spacial score (nSPS) is 16.9. The van der Waals surface area contributed by atoms with Gasteiger partial charge in [-0.25, -0.2) is 18.4 Å². The van der Waals surface area contributed by atoms with Gasteiger partial charge >= 0.3 is 0 Å². The molecule has 0 aromatic carbocycles. The predicted molar refractivity (Wildman–Crippen MR) is 110 cm³/mol. The highest BCUT2D eigenvalue weighted by Crippen LogP contribution is 2.13. The third kappa shape index (κ3) is 7.02. The molecule has 0 radical (unpaired) electrons. The quantitative estimate of drug-likeness (QED) is 0.507. The van der Waals surface area contributed by atoms with Crippen molar-refractivity contribution in [2.75, 3.05) is 45.1 Å². The Morgan fingerprint density at radius 2 is 2.07 bits per heavy atom. The maximum atomic E-state index is 12.5. The van der Waals surface area contributed by atoms with Crippen LogP contribution in [0.4, 0.5) is 0 Å². The van der Waals surface area contributed by atoms with E-state index in [1.807, 2.05) is 33.9 Å². The lowest BCUT2D eigenvalue weighted by Gasteiger charge is -2.35. The van der Waals surface area contributed by atoms with Gasteiger partial charge in [-0.3, -0.25) is 0 Å². The number of rotatable bonds is 8. The molecule has 1 aromatic rings. The third-order valence-electron chi connectivity index (χ3n) is 4.09. The summed E-state index contributed by atoms with van der Waals surface area (Å²) in [6.45, 7) is 11.6. The van der Waals surface area contributed by atoms with E-state index in [1.54, 1.807) is 15.6 Å². The Morgan fingerprint density at radius 3 is 2.63 bits per heavy atom. The van der Waals surface area contributed by atoms with Gasteiger partial charge in [0.1, 0.15) is 5.01 Å². The second-order valence-electron chi connectivity index (χ2n) is 6.66. The molecule has 0 saturated carbocycles. The molecule has 0 spiro atoms. The molecule has 0 atom stereocenters. The van der Waals surface area contributed by atoms with Crippen molar-refractivity contribution in [1.82, 2.24) is 19.5 Å². The molecular formula is C17H31N5O3S2. The molecule has 27 heavy (non-hydrogen) atoms. The molecule has 8 nitrogen and oxygen atoms in total. The molecule has 0 bridgehead atoms. The van der Waals surface area contributed by atoms with E-state index in [0.717, 1.165) is 17.5 Å². The maximum Gasteiger partial charge on any atom is 0.216 e. The summed E-state index contributed by atoms with van der Waals surface area (Å²) in [6, 6.07) is 0. The first-order valence-corrected chi connectivity index (χ1v) is 11.8. The zero-order valence-corrected chi connectivity index (χ0v) is 18.3. The van der Waals surface area contributed by atoms with Crippen LogP contribution in [-0.4, -0.2) is 79.8 Å². The summed E-state index contributed by atoms with van der Waals surface area (Å²) in [7, 11) is -3.28. The van der Waals surface area contributed by atoms with Gasteiger partial charge < -0.3 is 15.0 Å². The van der Waals surface area contributed by atoms with Crippen molar-refractivity contribution < 1.29 is 13.2 Å². The smallest absolute Gasteiger partial charge is 0.216 e. The topological polar surface area (TPSA) is 87.1 Å². The van der Waals surface area contributed by atoms with Crippen LogP contribution in [0.25, 0.3) is 0 Å². The Balaban J connectivity index is 1.90. The second-order valence-corrected chi connectivity index (χ2v) is 10.1. The molecule has 10 heteroatoms. The number of aryl methyl sites for hydroxylation is 1. The number of aliphatic imine (C=N–C) groups is 1. The fourth-order valence-corrected chi connectivity index (χ4v) is 4.74. The first-order valence-electron chi connectivity index (χ1n) is 9.35. The second kappa shape index (κ2) is 10.4. The first-order chi connectivity index (χ1) is 12.8. The predicted octanol–water partition coefficient (Wildman–Crippen LogP) is 1.29. The van der Waals surface area contributed by atoms with Crippen LogP contribution in [0.2, 0.25) is 0 Å². The van der Waals surface area contributed by atoms with Crippen molar-refractivity contribution in [3.8, 4) is 0 Å². The molecule has 1 aliphatic rings. The fraction of sp³-hybridized carbons (Fsp3) is 0.765.